The smallest absolute Gasteiger partial charge is 0.291 e. The standard InChI is InChI=1S/C16H18BrN3O2/c1-19-8-10-20(11-9-19)13-5-3-2-4-12(13)18-16(21)14-6-7-15(17)22-14/h2-7H,8-11H2,1H3,(H,18,21)/p+1. The Labute approximate surface area is 138 Å². The Bertz CT molecular complexity index is 663. The quantitative estimate of drug-likeness (QED) is 0.870. The molecule has 3 rings (SSSR count). The van der Waals surface area contributed by atoms with Gasteiger partial charge in [-0.3, -0.25) is 4.79 Å². The van der Waals surface area contributed by atoms with E-state index in [1.54, 1.807) is 17.0 Å². The maximum Gasteiger partial charge on any atom is 0.291 e. The number of carbonyl (C=O) groups excluding carboxylic acids is 1. The van der Waals surface area contributed by atoms with Gasteiger partial charge >= 0.3 is 0 Å². The van der Waals surface area contributed by atoms with E-state index in [1.165, 1.54) is 0 Å². The van der Waals surface area contributed by atoms with E-state index in [0.717, 1.165) is 37.6 Å². The zero-order chi connectivity index (χ0) is 15.5. The summed E-state index contributed by atoms with van der Waals surface area (Å²) in [5, 5.41) is 2.95. The van der Waals surface area contributed by atoms with Gasteiger partial charge in [0.05, 0.1) is 44.6 Å². The van der Waals surface area contributed by atoms with Gasteiger partial charge in [0.15, 0.2) is 10.4 Å². The van der Waals surface area contributed by atoms with Crippen molar-refractivity contribution in [3.8, 4) is 0 Å². The number of carbonyl (C=O) groups is 1. The number of amides is 1. The maximum atomic E-state index is 12.3. The molecule has 1 aromatic carbocycles. The molecular weight excluding hydrogens is 346 g/mol. The molecule has 0 saturated carbocycles. The van der Waals surface area contributed by atoms with Crippen molar-refractivity contribution in [1.82, 2.24) is 0 Å². The lowest BCUT2D eigenvalue weighted by molar-refractivity contribution is -0.880. The topological polar surface area (TPSA) is 49.9 Å². The summed E-state index contributed by atoms with van der Waals surface area (Å²) in [6, 6.07) is 11.3. The minimum absolute atomic E-state index is 0.238. The summed E-state index contributed by atoms with van der Waals surface area (Å²) in [7, 11) is 2.21. The molecule has 0 aliphatic carbocycles. The molecule has 2 N–H and O–H groups in total. The number of nitrogens with one attached hydrogen (secondary N) is 2. The first-order valence-electron chi connectivity index (χ1n) is 7.35. The average molecular weight is 365 g/mol. The molecule has 1 aliphatic rings. The van der Waals surface area contributed by atoms with Gasteiger partial charge in [-0.05, 0) is 40.2 Å². The number of para-hydroxylation sites is 2. The summed E-state index contributed by atoms with van der Waals surface area (Å²) >= 11 is 3.21. The number of halogens is 1. The second-order valence-corrected chi connectivity index (χ2v) is 6.30. The van der Waals surface area contributed by atoms with Crippen molar-refractivity contribution in [2.75, 3.05) is 43.4 Å². The van der Waals surface area contributed by atoms with E-state index in [-0.39, 0.29) is 5.91 Å². The van der Waals surface area contributed by atoms with E-state index in [4.69, 9.17) is 4.42 Å². The van der Waals surface area contributed by atoms with Crippen LogP contribution in [0.15, 0.2) is 45.5 Å². The molecule has 1 fully saturated rings. The Balaban J connectivity index is 1.78. The molecule has 2 heterocycles. The van der Waals surface area contributed by atoms with Crippen LogP contribution in [0, 0.1) is 0 Å². The molecule has 5 nitrogen and oxygen atoms in total. The number of nitrogens with zero attached hydrogens (tertiary/aromatic N) is 1. The number of quaternary nitrogens is 1. The number of piperazine rings is 1. The van der Waals surface area contributed by atoms with Crippen molar-refractivity contribution in [2.24, 2.45) is 0 Å². The summed E-state index contributed by atoms with van der Waals surface area (Å²) in [5.74, 6) is 0.0578. The number of benzene rings is 1. The van der Waals surface area contributed by atoms with Gasteiger partial charge in [0.25, 0.3) is 5.91 Å². The largest absolute Gasteiger partial charge is 0.444 e. The van der Waals surface area contributed by atoms with Gasteiger partial charge in [-0.1, -0.05) is 12.1 Å². The van der Waals surface area contributed by atoms with Crippen LogP contribution in [0.25, 0.3) is 0 Å². The number of furan rings is 1. The third kappa shape index (κ3) is 3.34. The zero-order valence-corrected chi connectivity index (χ0v) is 14.0. The van der Waals surface area contributed by atoms with Gasteiger partial charge in [0, 0.05) is 0 Å². The molecular formula is C16H19BrN3O2+. The van der Waals surface area contributed by atoms with E-state index < -0.39 is 0 Å². The number of likely N-dealkylation sites (N-methyl/N-ethyl adjacent to an activating group) is 1. The van der Waals surface area contributed by atoms with Crippen LogP contribution in [-0.2, 0) is 0 Å². The lowest BCUT2D eigenvalue weighted by Crippen LogP contribution is -3.12. The normalized spacial score (nSPS) is 15.8. The Morgan fingerprint density at radius 2 is 1.95 bits per heavy atom. The molecule has 22 heavy (non-hydrogen) atoms. The molecule has 0 spiro atoms. The van der Waals surface area contributed by atoms with Crippen LogP contribution < -0.4 is 15.1 Å². The molecule has 0 bridgehead atoms. The van der Waals surface area contributed by atoms with Crippen LogP contribution in [0.5, 0.6) is 0 Å². The van der Waals surface area contributed by atoms with Gasteiger partial charge in [-0.15, -0.1) is 0 Å². The molecule has 0 atom stereocenters. The van der Waals surface area contributed by atoms with E-state index in [2.05, 4.69) is 33.2 Å². The fourth-order valence-corrected chi connectivity index (χ4v) is 2.91. The summed E-state index contributed by atoms with van der Waals surface area (Å²) in [6.45, 7) is 4.19. The highest BCUT2D eigenvalue weighted by Gasteiger charge is 2.20. The fraction of sp³-hybridized carbons (Fsp3) is 0.312. The molecule has 1 saturated heterocycles. The third-order valence-electron chi connectivity index (χ3n) is 3.91. The molecule has 116 valence electrons. The highest BCUT2D eigenvalue weighted by Crippen LogP contribution is 2.26. The Morgan fingerprint density at radius 1 is 1.23 bits per heavy atom. The lowest BCUT2D eigenvalue weighted by Gasteiger charge is -2.32. The van der Waals surface area contributed by atoms with Crippen LogP contribution in [0.3, 0.4) is 0 Å². The van der Waals surface area contributed by atoms with Crippen molar-refractivity contribution < 1.29 is 14.1 Å². The van der Waals surface area contributed by atoms with E-state index in [0.29, 0.717) is 10.4 Å². The summed E-state index contributed by atoms with van der Waals surface area (Å²) < 4.78 is 5.85. The number of hydrogen-bond acceptors (Lipinski definition) is 3. The van der Waals surface area contributed by atoms with Crippen LogP contribution in [-0.4, -0.2) is 39.1 Å². The molecule has 0 radical (unpaired) electrons. The minimum Gasteiger partial charge on any atom is -0.444 e. The zero-order valence-electron chi connectivity index (χ0n) is 12.4. The predicted molar refractivity (Wildman–Crippen MR) is 89.6 cm³/mol. The van der Waals surface area contributed by atoms with Crippen LogP contribution >= 0.6 is 15.9 Å². The number of anilines is 2. The van der Waals surface area contributed by atoms with Crippen molar-refractivity contribution in [3.05, 3.63) is 46.8 Å². The molecule has 1 aromatic heterocycles. The van der Waals surface area contributed by atoms with E-state index in [1.807, 2.05) is 24.3 Å². The highest BCUT2D eigenvalue weighted by atomic mass is 79.9. The van der Waals surface area contributed by atoms with Crippen molar-refractivity contribution in [3.63, 3.8) is 0 Å². The van der Waals surface area contributed by atoms with Gasteiger partial charge < -0.3 is 19.5 Å². The average Bonchev–Trinajstić information content (AvgIpc) is 2.95. The second kappa shape index (κ2) is 6.54. The van der Waals surface area contributed by atoms with Crippen molar-refractivity contribution in [1.29, 1.82) is 0 Å². The molecule has 0 unspecified atom stereocenters. The van der Waals surface area contributed by atoms with E-state index >= 15 is 0 Å². The van der Waals surface area contributed by atoms with Gasteiger partial charge in [0.2, 0.25) is 0 Å². The SMILES string of the molecule is C[NH+]1CCN(c2ccccc2NC(=O)c2ccc(Br)o2)CC1. The minimum atomic E-state index is -0.238. The summed E-state index contributed by atoms with van der Waals surface area (Å²) in [4.78, 5) is 16.1. The lowest BCUT2D eigenvalue weighted by atomic mass is 10.2. The third-order valence-corrected chi connectivity index (χ3v) is 4.33. The summed E-state index contributed by atoms with van der Waals surface area (Å²) in [5.41, 5.74) is 1.88. The van der Waals surface area contributed by atoms with Crippen molar-refractivity contribution >= 4 is 33.2 Å². The monoisotopic (exact) mass is 364 g/mol. The maximum absolute atomic E-state index is 12.3. The number of hydrogen-bond donors (Lipinski definition) is 2. The Kier molecular flexibility index (Phi) is 4.49. The molecule has 1 aliphatic heterocycles. The van der Waals surface area contributed by atoms with Gasteiger partial charge in [0.1, 0.15) is 0 Å². The molecule has 1 amide bonds. The molecule has 6 heteroatoms. The van der Waals surface area contributed by atoms with Gasteiger partial charge in [-0.25, -0.2) is 0 Å². The Hall–Kier alpha value is -1.79. The van der Waals surface area contributed by atoms with Gasteiger partial charge in [-0.2, -0.15) is 0 Å². The summed E-state index contributed by atoms with van der Waals surface area (Å²) in [6.07, 6.45) is 0. The first-order chi connectivity index (χ1) is 10.6. The van der Waals surface area contributed by atoms with Crippen molar-refractivity contribution in [2.45, 2.75) is 0 Å². The molecule has 2 aromatic rings. The van der Waals surface area contributed by atoms with Crippen LogP contribution in [0.1, 0.15) is 10.6 Å². The Morgan fingerprint density at radius 3 is 2.64 bits per heavy atom. The first kappa shape index (κ1) is 15.1. The highest BCUT2D eigenvalue weighted by molar-refractivity contribution is 9.10. The van der Waals surface area contributed by atoms with Crippen LogP contribution in [0.2, 0.25) is 0 Å². The second-order valence-electron chi connectivity index (χ2n) is 5.52. The fourth-order valence-electron chi connectivity index (χ4n) is 2.60. The van der Waals surface area contributed by atoms with E-state index in [9.17, 15) is 4.79 Å². The van der Waals surface area contributed by atoms with Crippen LogP contribution in [0.4, 0.5) is 11.4 Å². The first-order valence-corrected chi connectivity index (χ1v) is 8.15. The number of rotatable bonds is 3. The predicted octanol–water partition coefficient (Wildman–Crippen LogP) is 1.63.